The molecule has 0 aliphatic carbocycles. The molecule has 4 aromatic rings. The highest BCUT2D eigenvalue weighted by Crippen LogP contribution is 2.23. The average Bonchev–Trinajstić information content (AvgIpc) is 3.06. The number of imidazole rings is 1. The van der Waals surface area contributed by atoms with Crippen molar-refractivity contribution in [1.82, 2.24) is 19.9 Å². The van der Waals surface area contributed by atoms with E-state index in [2.05, 4.69) is 27.0 Å². The largest absolute Gasteiger partial charge is 0.342 e. The van der Waals surface area contributed by atoms with Gasteiger partial charge in [0.25, 0.3) is 5.91 Å². The molecule has 0 spiro atoms. The summed E-state index contributed by atoms with van der Waals surface area (Å²) < 4.78 is 2.05. The Kier molecular flexibility index (Phi) is 4.66. The van der Waals surface area contributed by atoms with Gasteiger partial charge in [0.15, 0.2) is 0 Å². The van der Waals surface area contributed by atoms with Gasteiger partial charge in [0.05, 0.1) is 17.1 Å². The van der Waals surface area contributed by atoms with E-state index in [1.54, 1.807) is 24.5 Å². The van der Waals surface area contributed by atoms with Crippen molar-refractivity contribution in [2.45, 2.75) is 12.5 Å². The van der Waals surface area contributed by atoms with E-state index in [9.17, 15) is 4.79 Å². The van der Waals surface area contributed by atoms with Gasteiger partial charge in [-0.3, -0.25) is 9.78 Å². The van der Waals surface area contributed by atoms with Crippen LogP contribution in [0.3, 0.4) is 0 Å². The summed E-state index contributed by atoms with van der Waals surface area (Å²) in [5.41, 5.74) is 3.70. The molecule has 0 aliphatic rings. The fourth-order valence-electron chi connectivity index (χ4n) is 3.28. The number of nitrogens with zero attached hydrogens (tertiary/aromatic N) is 3. The second kappa shape index (κ2) is 7.41. The van der Waals surface area contributed by atoms with Crippen LogP contribution in [0.1, 0.15) is 27.8 Å². The van der Waals surface area contributed by atoms with E-state index in [-0.39, 0.29) is 11.9 Å². The van der Waals surface area contributed by atoms with Crippen molar-refractivity contribution in [3.05, 3.63) is 96.1 Å². The number of pyridine rings is 1. The van der Waals surface area contributed by atoms with Gasteiger partial charge in [-0.2, -0.15) is 0 Å². The number of hydrogen-bond acceptors (Lipinski definition) is 3. The molecule has 0 aliphatic heterocycles. The first kappa shape index (κ1) is 17.0. The van der Waals surface area contributed by atoms with Gasteiger partial charge in [-0.05, 0) is 36.2 Å². The minimum Gasteiger partial charge on any atom is -0.342 e. The number of aromatic nitrogens is 3. The second-order valence-electron chi connectivity index (χ2n) is 6.47. The molecular formula is C22H20N4O. The summed E-state index contributed by atoms with van der Waals surface area (Å²) in [6.45, 7) is 0. The van der Waals surface area contributed by atoms with Crippen LogP contribution < -0.4 is 5.32 Å². The minimum atomic E-state index is -0.245. The molecule has 1 amide bonds. The molecule has 0 saturated heterocycles. The van der Waals surface area contributed by atoms with E-state index in [1.807, 2.05) is 49.5 Å². The first-order valence-electron chi connectivity index (χ1n) is 8.88. The number of hydrogen-bond donors (Lipinski definition) is 1. The van der Waals surface area contributed by atoms with Crippen molar-refractivity contribution >= 4 is 16.9 Å². The highest BCUT2D eigenvalue weighted by molar-refractivity contribution is 5.94. The Hall–Kier alpha value is -3.47. The Labute approximate surface area is 157 Å². The predicted octanol–water partition coefficient (Wildman–Crippen LogP) is 3.68. The molecule has 0 bridgehead atoms. The second-order valence-corrected chi connectivity index (χ2v) is 6.47. The number of para-hydroxylation sites is 2. The molecule has 0 saturated carbocycles. The zero-order valence-electron chi connectivity index (χ0n) is 15.0. The molecule has 5 heteroatoms. The van der Waals surface area contributed by atoms with Gasteiger partial charge in [-0.1, -0.05) is 42.5 Å². The summed E-state index contributed by atoms with van der Waals surface area (Å²) in [5, 5.41) is 3.15. The van der Waals surface area contributed by atoms with E-state index < -0.39 is 0 Å². The van der Waals surface area contributed by atoms with Gasteiger partial charge < -0.3 is 9.88 Å². The van der Waals surface area contributed by atoms with Crippen molar-refractivity contribution in [3.8, 4) is 0 Å². The number of carbonyl (C=O) groups excluding carboxylic acids is 1. The number of amides is 1. The molecule has 1 unspecified atom stereocenters. The lowest BCUT2D eigenvalue weighted by Gasteiger charge is -2.19. The molecule has 1 atom stereocenters. The van der Waals surface area contributed by atoms with Gasteiger partial charge in [0.2, 0.25) is 0 Å². The standard InChI is InChI=1S/C22H20N4O/c1-26-20-10-6-5-9-18(20)24-21(26)19(15-16-7-3-2-4-8-16)25-22(27)17-11-13-23-14-12-17/h2-14,19H,15H2,1H3,(H,25,27). The van der Waals surface area contributed by atoms with Crippen LogP contribution in [-0.4, -0.2) is 20.4 Å². The highest BCUT2D eigenvalue weighted by atomic mass is 16.1. The molecule has 0 fully saturated rings. The van der Waals surface area contributed by atoms with Gasteiger partial charge in [-0.25, -0.2) is 4.98 Å². The van der Waals surface area contributed by atoms with Gasteiger partial charge in [0, 0.05) is 25.0 Å². The lowest BCUT2D eigenvalue weighted by Crippen LogP contribution is -2.31. The fourth-order valence-corrected chi connectivity index (χ4v) is 3.28. The monoisotopic (exact) mass is 356 g/mol. The number of nitrogens with one attached hydrogen (secondary N) is 1. The lowest BCUT2D eigenvalue weighted by molar-refractivity contribution is 0.0934. The maximum atomic E-state index is 12.8. The molecule has 27 heavy (non-hydrogen) atoms. The number of aryl methyl sites for hydroxylation is 1. The topological polar surface area (TPSA) is 59.8 Å². The van der Waals surface area contributed by atoms with Crippen LogP contribution in [0.2, 0.25) is 0 Å². The Morgan fingerprint density at radius 1 is 1.00 bits per heavy atom. The Morgan fingerprint density at radius 3 is 2.44 bits per heavy atom. The first-order valence-corrected chi connectivity index (χ1v) is 8.88. The third-order valence-electron chi connectivity index (χ3n) is 4.66. The van der Waals surface area contributed by atoms with Crippen LogP contribution in [-0.2, 0) is 13.5 Å². The quantitative estimate of drug-likeness (QED) is 0.593. The van der Waals surface area contributed by atoms with Crippen LogP contribution in [0.4, 0.5) is 0 Å². The van der Waals surface area contributed by atoms with Crippen molar-refractivity contribution in [1.29, 1.82) is 0 Å². The summed E-state index contributed by atoms with van der Waals surface area (Å²) in [6, 6.07) is 21.3. The first-order chi connectivity index (χ1) is 13.2. The molecule has 4 rings (SSSR count). The number of benzene rings is 2. The molecule has 134 valence electrons. The predicted molar refractivity (Wildman–Crippen MR) is 105 cm³/mol. The Morgan fingerprint density at radius 2 is 1.70 bits per heavy atom. The molecule has 0 radical (unpaired) electrons. The molecular weight excluding hydrogens is 336 g/mol. The van der Waals surface area contributed by atoms with Crippen molar-refractivity contribution in [3.63, 3.8) is 0 Å². The SMILES string of the molecule is Cn1c(C(Cc2ccccc2)NC(=O)c2ccncc2)nc2ccccc21. The number of fused-ring (bicyclic) bond motifs is 1. The van der Waals surface area contributed by atoms with E-state index in [0.29, 0.717) is 12.0 Å². The third kappa shape index (κ3) is 3.58. The summed E-state index contributed by atoms with van der Waals surface area (Å²) in [4.78, 5) is 21.5. The third-order valence-corrected chi connectivity index (χ3v) is 4.66. The summed E-state index contributed by atoms with van der Waals surface area (Å²) in [7, 11) is 1.99. The molecule has 2 heterocycles. The summed E-state index contributed by atoms with van der Waals surface area (Å²) >= 11 is 0. The Balaban J connectivity index is 1.71. The smallest absolute Gasteiger partial charge is 0.251 e. The summed E-state index contributed by atoms with van der Waals surface area (Å²) in [5.74, 6) is 0.702. The lowest BCUT2D eigenvalue weighted by atomic mass is 10.0. The highest BCUT2D eigenvalue weighted by Gasteiger charge is 2.22. The molecule has 2 aromatic carbocycles. The fraction of sp³-hybridized carbons (Fsp3) is 0.136. The average molecular weight is 356 g/mol. The van der Waals surface area contributed by atoms with E-state index >= 15 is 0 Å². The normalized spacial score (nSPS) is 12.0. The van der Waals surface area contributed by atoms with Gasteiger partial charge in [-0.15, -0.1) is 0 Å². The van der Waals surface area contributed by atoms with Crippen molar-refractivity contribution < 1.29 is 4.79 Å². The van der Waals surface area contributed by atoms with E-state index in [1.165, 1.54) is 0 Å². The zero-order valence-corrected chi connectivity index (χ0v) is 15.0. The van der Waals surface area contributed by atoms with Crippen LogP contribution >= 0.6 is 0 Å². The molecule has 1 N–H and O–H groups in total. The maximum absolute atomic E-state index is 12.8. The van der Waals surface area contributed by atoms with E-state index in [0.717, 1.165) is 22.4 Å². The molecule has 5 nitrogen and oxygen atoms in total. The van der Waals surface area contributed by atoms with Crippen LogP contribution in [0.15, 0.2) is 79.1 Å². The van der Waals surface area contributed by atoms with Crippen molar-refractivity contribution in [2.24, 2.45) is 7.05 Å². The zero-order chi connectivity index (χ0) is 18.6. The van der Waals surface area contributed by atoms with Gasteiger partial charge in [0.1, 0.15) is 5.82 Å². The van der Waals surface area contributed by atoms with Crippen LogP contribution in [0.25, 0.3) is 11.0 Å². The van der Waals surface area contributed by atoms with Crippen LogP contribution in [0.5, 0.6) is 0 Å². The van der Waals surface area contributed by atoms with Crippen molar-refractivity contribution in [2.75, 3.05) is 0 Å². The summed E-state index contributed by atoms with van der Waals surface area (Å²) in [6.07, 6.45) is 3.90. The minimum absolute atomic E-state index is 0.134. The number of carbonyl (C=O) groups is 1. The van der Waals surface area contributed by atoms with Gasteiger partial charge >= 0.3 is 0 Å². The maximum Gasteiger partial charge on any atom is 0.251 e. The van der Waals surface area contributed by atoms with E-state index in [4.69, 9.17) is 4.98 Å². The van der Waals surface area contributed by atoms with Crippen LogP contribution in [0, 0.1) is 0 Å². The molecule has 2 aromatic heterocycles. The Bertz CT molecular complexity index is 1060. The number of rotatable bonds is 5.